The molecule has 1 aromatic carbocycles. The molecule has 6 heteroatoms. The van der Waals surface area contributed by atoms with Gasteiger partial charge in [0.2, 0.25) is 0 Å². The number of hydrogen-bond acceptors (Lipinski definition) is 5. The molecule has 0 aliphatic carbocycles. The van der Waals surface area contributed by atoms with E-state index in [0.717, 1.165) is 5.69 Å². The minimum absolute atomic E-state index is 0.422. The highest BCUT2D eigenvalue weighted by atomic mass is 16.5. The van der Waals surface area contributed by atoms with Crippen LogP contribution < -0.4 is 15.7 Å². The van der Waals surface area contributed by atoms with Crippen LogP contribution in [-0.2, 0) is 0 Å². The van der Waals surface area contributed by atoms with Crippen LogP contribution in [0.25, 0.3) is 0 Å². The number of aryl methyl sites for hydroxylation is 1. The van der Waals surface area contributed by atoms with Gasteiger partial charge in [-0.15, -0.1) is 0 Å². The average molecular weight is 246 g/mol. The van der Waals surface area contributed by atoms with Gasteiger partial charge in [-0.2, -0.15) is 10.1 Å². The van der Waals surface area contributed by atoms with Gasteiger partial charge in [0.1, 0.15) is 11.4 Å². The highest BCUT2D eigenvalue weighted by molar-refractivity contribution is 5.64. The summed E-state index contributed by atoms with van der Waals surface area (Å²) < 4.78 is 5.48. The molecule has 2 aromatic rings. The molecule has 0 atom stereocenters. The lowest BCUT2D eigenvalue weighted by atomic mass is 10.3. The number of ether oxygens (including phenoxy) is 1. The molecule has 0 saturated carbocycles. The van der Waals surface area contributed by atoms with Crippen molar-refractivity contribution in [3.8, 4) is 5.75 Å². The van der Waals surface area contributed by atoms with Crippen LogP contribution in [0.3, 0.4) is 0 Å². The SMILES string of the molecule is CCOc1ccccc1Nc1nc(=O)[nH]nc1C. The number of aromatic nitrogens is 3. The van der Waals surface area contributed by atoms with Crippen molar-refractivity contribution in [2.75, 3.05) is 11.9 Å². The summed E-state index contributed by atoms with van der Waals surface area (Å²) in [5.74, 6) is 1.13. The maximum Gasteiger partial charge on any atom is 0.363 e. The van der Waals surface area contributed by atoms with Crippen LogP contribution in [-0.4, -0.2) is 21.8 Å². The largest absolute Gasteiger partial charge is 0.492 e. The van der Waals surface area contributed by atoms with Crippen molar-refractivity contribution >= 4 is 11.5 Å². The third kappa shape index (κ3) is 2.65. The second-order valence-electron chi connectivity index (χ2n) is 3.63. The van der Waals surface area contributed by atoms with Crippen LogP contribution in [0.2, 0.25) is 0 Å². The van der Waals surface area contributed by atoms with Gasteiger partial charge in [0.15, 0.2) is 5.82 Å². The van der Waals surface area contributed by atoms with Gasteiger partial charge in [0, 0.05) is 0 Å². The molecule has 1 heterocycles. The van der Waals surface area contributed by atoms with E-state index in [9.17, 15) is 4.79 Å². The lowest BCUT2D eigenvalue weighted by molar-refractivity contribution is 0.342. The number of para-hydroxylation sites is 2. The fraction of sp³-hybridized carbons (Fsp3) is 0.250. The average Bonchev–Trinajstić information content (AvgIpc) is 2.36. The third-order valence-electron chi connectivity index (χ3n) is 2.32. The van der Waals surface area contributed by atoms with Gasteiger partial charge in [-0.05, 0) is 26.0 Å². The first-order valence-electron chi connectivity index (χ1n) is 5.63. The molecule has 2 N–H and O–H groups in total. The van der Waals surface area contributed by atoms with E-state index in [4.69, 9.17) is 4.74 Å². The predicted molar refractivity (Wildman–Crippen MR) is 68.3 cm³/mol. The van der Waals surface area contributed by atoms with Crippen molar-refractivity contribution in [2.45, 2.75) is 13.8 Å². The van der Waals surface area contributed by atoms with Gasteiger partial charge in [-0.3, -0.25) is 0 Å². The van der Waals surface area contributed by atoms with E-state index in [1.165, 1.54) is 0 Å². The maximum absolute atomic E-state index is 11.1. The number of aromatic amines is 1. The monoisotopic (exact) mass is 246 g/mol. The van der Waals surface area contributed by atoms with Crippen LogP contribution in [0, 0.1) is 6.92 Å². The summed E-state index contributed by atoms with van der Waals surface area (Å²) in [5, 5.41) is 9.17. The second-order valence-corrected chi connectivity index (χ2v) is 3.63. The van der Waals surface area contributed by atoms with E-state index < -0.39 is 5.69 Å². The zero-order chi connectivity index (χ0) is 13.0. The van der Waals surface area contributed by atoms with Gasteiger partial charge in [-0.25, -0.2) is 9.89 Å². The Balaban J connectivity index is 2.33. The maximum atomic E-state index is 11.1. The molecule has 0 bridgehead atoms. The molecule has 1 aromatic heterocycles. The van der Waals surface area contributed by atoms with E-state index in [1.54, 1.807) is 6.92 Å². The highest BCUT2D eigenvalue weighted by Crippen LogP contribution is 2.26. The Labute approximate surface area is 104 Å². The molecular formula is C12H14N4O2. The number of hydrogen-bond donors (Lipinski definition) is 2. The topological polar surface area (TPSA) is 79.9 Å². The molecule has 6 nitrogen and oxygen atoms in total. The van der Waals surface area contributed by atoms with E-state index in [0.29, 0.717) is 23.9 Å². The van der Waals surface area contributed by atoms with Crippen LogP contribution >= 0.6 is 0 Å². The van der Waals surface area contributed by atoms with Gasteiger partial charge in [0.05, 0.1) is 12.3 Å². The molecule has 0 unspecified atom stereocenters. The second kappa shape index (κ2) is 5.31. The molecule has 0 aliphatic rings. The molecule has 0 radical (unpaired) electrons. The van der Waals surface area contributed by atoms with E-state index in [2.05, 4.69) is 20.5 Å². The van der Waals surface area contributed by atoms with Crippen molar-refractivity contribution in [3.05, 3.63) is 40.4 Å². The first-order chi connectivity index (χ1) is 8.70. The summed E-state index contributed by atoms with van der Waals surface area (Å²) in [4.78, 5) is 15.0. The molecule has 0 amide bonds. The van der Waals surface area contributed by atoms with Crippen LogP contribution in [0.1, 0.15) is 12.6 Å². The van der Waals surface area contributed by atoms with E-state index in [-0.39, 0.29) is 0 Å². The van der Waals surface area contributed by atoms with Crippen molar-refractivity contribution in [2.24, 2.45) is 0 Å². The number of nitrogens with zero attached hydrogens (tertiary/aromatic N) is 2. The smallest absolute Gasteiger partial charge is 0.363 e. The number of rotatable bonds is 4. The zero-order valence-corrected chi connectivity index (χ0v) is 10.2. The summed E-state index contributed by atoms with van der Waals surface area (Å²) >= 11 is 0. The van der Waals surface area contributed by atoms with Crippen LogP contribution in [0.15, 0.2) is 29.1 Å². The quantitative estimate of drug-likeness (QED) is 0.856. The molecule has 0 aliphatic heterocycles. The third-order valence-corrected chi connectivity index (χ3v) is 2.32. The Kier molecular flexibility index (Phi) is 3.57. The standard InChI is InChI=1S/C12H14N4O2/c1-3-18-10-7-5-4-6-9(10)13-11-8(2)15-16-12(17)14-11/h4-7H,3H2,1-2H3,(H2,13,14,16,17). The molecule has 0 fully saturated rings. The van der Waals surface area contributed by atoms with Crippen molar-refractivity contribution in [1.82, 2.24) is 15.2 Å². The van der Waals surface area contributed by atoms with Crippen molar-refractivity contribution in [3.63, 3.8) is 0 Å². The fourth-order valence-corrected chi connectivity index (χ4v) is 1.49. The number of benzene rings is 1. The Morgan fingerprint density at radius 2 is 2.17 bits per heavy atom. The summed E-state index contributed by atoms with van der Waals surface area (Å²) in [6, 6.07) is 7.46. The lowest BCUT2D eigenvalue weighted by Crippen LogP contribution is -2.15. The summed E-state index contributed by atoms with van der Waals surface area (Å²) in [5.41, 5.74) is 0.875. The fourth-order valence-electron chi connectivity index (χ4n) is 1.49. The Hall–Kier alpha value is -2.37. The van der Waals surface area contributed by atoms with Gasteiger partial charge >= 0.3 is 5.69 Å². The minimum Gasteiger partial charge on any atom is -0.492 e. The van der Waals surface area contributed by atoms with Gasteiger partial charge < -0.3 is 10.1 Å². The highest BCUT2D eigenvalue weighted by Gasteiger charge is 2.07. The molecule has 0 spiro atoms. The minimum atomic E-state index is -0.489. The van der Waals surface area contributed by atoms with Crippen molar-refractivity contribution in [1.29, 1.82) is 0 Å². The molecule has 0 saturated heterocycles. The number of anilines is 2. The number of H-pyrrole nitrogens is 1. The Morgan fingerprint density at radius 1 is 1.39 bits per heavy atom. The first-order valence-corrected chi connectivity index (χ1v) is 5.63. The number of nitrogens with one attached hydrogen (secondary N) is 2. The Morgan fingerprint density at radius 3 is 2.94 bits per heavy atom. The van der Waals surface area contributed by atoms with E-state index in [1.807, 2.05) is 31.2 Å². The van der Waals surface area contributed by atoms with Crippen LogP contribution in [0.4, 0.5) is 11.5 Å². The van der Waals surface area contributed by atoms with Gasteiger partial charge in [0.25, 0.3) is 0 Å². The van der Waals surface area contributed by atoms with Crippen molar-refractivity contribution < 1.29 is 4.74 Å². The predicted octanol–water partition coefficient (Wildman–Crippen LogP) is 1.62. The molecule has 18 heavy (non-hydrogen) atoms. The normalized spacial score (nSPS) is 10.1. The summed E-state index contributed by atoms with van der Waals surface area (Å²) in [7, 11) is 0. The zero-order valence-electron chi connectivity index (χ0n) is 10.2. The molecule has 2 rings (SSSR count). The van der Waals surface area contributed by atoms with Crippen LogP contribution in [0.5, 0.6) is 5.75 Å². The summed E-state index contributed by atoms with van der Waals surface area (Å²) in [6.07, 6.45) is 0. The first kappa shape index (κ1) is 12.1. The summed E-state index contributed by atoms with van der Waals surface area (Å²) in [6.45, 7) is 4.24. The van der Waals surface area contributed by atoms with E-state index >= 15 is 0 Å². The Bertz CT molecular complexity index is 595. The molecular weight excluding hydrogens is 232 g/mol. The van der Waals surface area contributed by atoms with Gasteiger partial charge in [-0.1, -0.05) is 12.1 Å². The lowest BCUT2D eigenvalue weighted by Gasteiger charge is -2.11. The molecule has 94 valence electrons.